The summed E-state index contributed by atoms with van der Waals surface area (Å²) in [4.78, 5) is 9.52. The SMILES string of the molecule is Cc1nc(NC2CCNC(C)C2)nc2ccc(-c3cccc4c3OCCO4)cc12. The molecule has 0 saturated carbocycles. The maximum atomic E-state index is 5.89. The molecular formula is C23H26N4O2. The Bertz CT molecular complexity index is 1050. The van der Waals surface area contributed by atoms with Crippen molar-refractivity contribution >= 4 is 16.9 Å². The van der Waals surface area contributed by atoms with Crippen LogP contribution in [0.15, 0.2) is 36.4 Å². The molecule has 5 rings (SSSR count). The molecule has 0 bridgehead atoms. The van der Waals surface area contributed by atoms with E-state index in [1.165, 1.54) is 0 Å². The van der Waals surface area contributed by atoms with Crippen molar-refractivity contribution in [1.29, 1.82) is 0 Å². The zero-order valence-corrected chi connectivity index (χ0v) is 16.9. The largest absolute Gasteiger partial charge is 0.486 e. The minimum Gasteiger partial charge on any atom is -0.486 e. The van der Waals surface area contributed by atoms with Crippen LogP contribution in [0.3, 0.4) is 0 Å². The highest BCUT2D eigenvalue weighted by Crippen LogP contribution is 2.40. The van der Waals surface area contributed by atoms with Gasteiger partial charge < -0.3 is 20.1 Å². The van der Waals surface area contributed by atoms with Crippen molar-refractivity contribution < 1.29 is 9.47 Å². The topological polar surface area (TPSA) is 68.3 Å². The predicted octanol–water partition coefficient (Wildman–Crippen LogP) is 3.93. The molecule has 29 heavy (non-hydrogen) atoms. The molecule has 2 aliphatic heterocycles. The van der Waals surface area contributed by atoms with Crippen molar-refractivity contribution in [3.8, 4) is 22.6 Å². The molecular weight excluding hydrogens is 364 g/mol. The number of anilines is 1. The first-order valence-electron chi connectivity index (χ1n) is 10.3. The molecule has 1 saturated heterocycles. The third-order valence-electron chi connectivity index (χ3n) is 5.72. The number of benzene rings is 2. The van der Waals surface area contributed by atoms with Crippen molar-refractivity contribution in [3.05, 3.63) is 42.1 Å². The molecule has 3 aromatic rings. The number of hydrogen-bond acceptors (Lipinski definition) is 6. The Hall–Kier alpha value is -2.86. The average Bonchev–Trinajstić information content (AvgIpc) is 2.73. The first-order chi connectivity index (χ1) is 14.2. The van der Waals surface area contributed by atoms with Gasteiger partial charge in [-0.1, -0.05) is 18.2 Å². The number of fused-ring (bicyclic) bond motifs is 2. The molecule has 1 aromatic heterocycles. The van der Waals surface area contributed by atoms with E-state index in [0.29, 0.717) is 25.3 Å². The zero-order chi connectivity index (χ0) is 19.8. The molecule has 0 radical (unpaired) electrons. The fraction of sp³-hybridized carbons (Fsp3) is 0.391. The van der Waals surface area contributed by atoms with E-state index < -0.39 is 0 Å². The Morgan fingerprint density at radius 2 is 2.00 bits per heavy atom. The molecule has 150 valence electrons. The summed E-state index contributed by atoms with van der Waals surface area (Å²) in [6.07, 6.45) is 2.17. The molecule has 2 N–H and O–H groups in total. The van der Waals surface area contributed by atoms with E-state index in [9.17, 15) is 0 Å². The number of hydrogen-bond donors (Lipinski definition) is 2. The number of para-hydroxylation sites is 1. The number of aryl methyl sites for hydroxylation is 1. The number of rotatable bonds is 3. The smallest absolute Gasteiger partial charge is 0.223 e. The van der Waals surface area contributed by atoms with Crippen LogP contribution in [0, 0.1) is 6.92 Å². The van der Waals surface area contributed by atoms with Crippen molar-refractivity contribution in [2.45, 2.75) is 38.8 Å². The Kier molecular flexibility index (Phi) is 4.72. The molecule has 0 aliphatic carbocycles. The lowest BCUT2D eigenvalue weighted by Crippen LogP contribution is -2.41. The molecule has 6 heteroatoms. The van der Waals surface area contributed by atoms with Crippen molar-refractivity contribution in [2.75, 3.05) is 25.1 Å². The number of aromatic nitrogens is 2. The summed E-state index contributed by atoms with van der Waals surface area (Å²) in [7, 11) is 0. The van der Waals surface area contributed by atoms with E-state index in [1.807, 2.05) is 19.1 Å². The Morgan fingerprint density at radius 3 is 2.90 bits per heavy atom. The maximum absolute atomic E-state index is 5.89. The lowest BCUT2D eigenvalue weighted by atomic mass is 10.0. The van der Waals surface area contributed by atoms with Crippen molar-refractivity contribution in [3.63, 3.8) is 0 Å². The number of ether oxygens (including phenoxy) is 2. The lowest BCUT2D eigenvalue weighted by molar-refractivity contribution is 0.172. The van der Waals surface area contributed by atoms with Gasteiger partial charge in [-0.2, -0.15) is 0 Å². The summed E-state index contributed by atoms with van der Waals surface area (Å²) in [6.45, 7) is 6.46. The van der Waals surface area contributed by atoms with Gasteiger partial charge in [0.25, 0.3) is 0 Å². The van der Waals surface area contributed by atoms with E-state index in [2.05, 4.69) is 41.8 Å². The predicted molar refractivity (Wildman–Crippen MR) is 115 cm³/mol. The second kappa shape index (κ2) is 7.52. The number of nitrogens with one attached hydrogen (secondary N) is 2. The van der Waals surface area contributed by atoms with E-state index in [1.54, 1.807) is 0 Å². The Labute approximate surface area is 170 Å². The second-order valence-corrected chi connectivity index (χ2v) is 7.92. The highest BCUT2D eigenvalue weighted by molar-refractivity contribution is 5.88. The number of nitrogens with zero attached hydrogens (tertiary/aromatic N) is 2. The fourth-order valence-electron chi connectivity index (χ4n) is 4.26. The standard InChI is InChI=1S/C23H26N4O2/c1-14-12-17(8-9-24-14)26-23-25-15(2)19-13-16(6-7-20(19)27-23)18-4-3-5-21-22(18)29-11-10-28-21/h3-7,13-14,17,24H,8-12H2,1-2H3,(H,25,26,27). The van der Waals surface area contributed by atoms with Gasteiger partial charge in [0.1, 0.15) is 13.2 Å². The van der Waals surface area contributed by atoms with Gasteiger partial charge in [-0.15, -0.1) is 0 Å². The molecule has 0 amide bonds. The summed E-state index contributed by atoms with van der Waals surface area (Å²) in [5.74, 6) is 2.34. The molecule has 0 spiro atoms. The van der Waals surface area contributed by atoms with Gasteiger partial charge in [0, 0.05) is 23.0 Å². The maximum Gasteiger partial charge on any atom is 0.223 e. The van der Waals surface area contributed by atoms with Gasteiger partial charge in [0.15, 0.2) is 11.5 Å². The van der Waals surface area contributed by atoms with Crippen molar-refractivity contribution in [2.24, 2.45) is 0 Å². The molecule has 2 atom stereocenters. The van der Waals surface area contributed by atoms with Crippen LogP contribution in [0.2, 0.25) is 0 Å². The quantitative estimate of drug-likeness (QED) is 0.706. The van der Waals surface area contributed by atoms with E-state index in [0.717, 1.165) is 64.6 Å². The van der Waals surface area contributed by atoms with Gasteiger partial charge in [-0.25, -0.2) is 9.97 Å². The molecule has 2 aliphatic rings. The van der Waals surface area contributed by atoms with Crippen LogP contribution in [-0.4, -0.2) is 41.8 Å². The fourth-order valence-corrected chi connectivity index (χ4v) is 4.26. The summed E-state index contributed by atoms with van der Waals surface area (Å²) in [6, 6.07) is 13.3. The van der Waals surface area contributed by atoms with Gasteiger partial charge in [0.2, 0.25) is 5.95 Å². The van der Waals surface area contributed by atoms with Crippen LogP contribution in [0.1, 0.15) is 25.5 Å². The van der Waals surface area contributed by atoms with E-state index in [-0.39, 0.29) is 0 Å². The molecule has 2 unspecified atom stereocenters. The van der Waals surface area contributed by atoms with Crippen LogP contribution >= 0.6 is 0 Å². The first-order valence-corrected chi connectivity index (χ1v) is 10.3. The van der Waals surface area contributed by atoms with Gasteiger partial charge >= 0.3 is 0 Å². The Balaban J connectivity index is 1.48. The number of piperidine rings is 1. The summed E-state index contributed by atoms with van der Waals surface area (Å²) >= 11 is 0. The van der Waals surface area contributed by atoms with Crippen LogP contribution < -0.4 is 20.1 Å². The molecule has 6 nitrogen and oxygen atoms in total. The minimum absolute atomic E-state index is 0.412. The normalized spacial score (nSPS) is 21.2. The van der Waals surface area contributed by atoms with Crippen LogP contribution in [0.5, 0.6) is 11.5 Å². The summed E-state index contributed by atoms with van der Waals surface area (Å²) in [5, 5.41) is 8.07. The molecule has 2 aromatic carbocycles. The van der Waals surface area contributed by atoms with Crippen LogP contribution in [-0.2, 0) is 0 Å². The van der Waals surface area contributed by atoms with E-state index >= 15 is 0 Å². The van der Waals surface area contributed by atoms with E-state index in [4.69, 9.17) is 19.4 Å². The summed E-state index contributed by atoms with van der Waals surface area (Å²) < 4.78 is 11.6. The second-order valence-electron chi connectivity index (χ2n) is 7.92. The monoisotopic (exact) mass is 390 g/mol. The highest BCUT2D eigenvalue weighted by atomic mass is 16.6. The van der Waals surface area contributed by atoms with Crippen molar-refractivity contribution in [1.82, 2.24) is 15.3 Å². The van der Waals surface area contributed by atoms with Crippen LogP contribution in [0.4, 0.5) is 5.95 Å². The third kappa shape index (κ3) is 3.60. The zero-order valence-electron chi connectivity index (χ0n) is 16.9. The van der Waals surface area contributed by atoms with Gasteiger partial charge in [-0.05, 0) is 57.0 Å². The molecule has 1 fully saturated rings. The molecule has 3 heterocycles. The lowest BCUT2D eigenvalue weighted by Gasteiger charge is -2.28. The first kappa shape index (κ1) is 18.2. The summed E-state index contributed by atoms with van der Waals surface area (Å²) in [5.41, 5.74) is 4.05. The van der Waals surface area contributed by atoms with Crippen LogP contribution in [0.25, 0.3) is 22.0 Å². The Morgan fingerprint density at radius 1 is 1.10 bits per heavy atom. The van der Waals surface area contributed by atoms with Gasteiger partial charge in [0.05, 0.1) is 11.2 Å². The minimum atomic E-state index is 0.412. The highest BCUT2D eigenvalue weighted by Gasteiger charge is 2.20. The van der Waals surface area contributed by atoms with Gasteiger partial charge in [-0.3, -0.25) is 0 Å². The average molecular weight is 390 g/mol. The third-order valence-corrected chi connectivity index (χ3v) is 5.72.